The first-order valence-electron chi connectivity index (χ1n) is 13.5. The lowest BCUT2D eigenvalue weighted by atomic mass is 9.72. The number of nitriles is 1. The lowest BCUT2D eigenvalue weighted by Gasteiger charge is -2.34. The molecule has 1 aromatic heterocycles. The molecule has 2 aliphatic heterocycles. The van der Waals surface area contributed by atoms with Crippen LogP contribution in [0.2, 0.25) is 0 Å². The standard InChI is InChI=1S/C30H36N4O3/c1-20-9-8-10-24(22(20)19-31)34-25-12-11-23(32-26(25)30(27(34)35)15-6-5-7-16-30)21-13-17-33(18-14-21)28(36)37-29(2,3)4/h8-12,21H,5-7,13-18H2,1-4H3. The van der Waals surface area contributed by atoms with E-state index in [-0.39, 0.29) is 17.9 Å². The van der Waals surface area contributed by atoms with E-state index in [0.717, 1.165) is 67.6 Å². The van der Waals surface area contributed by atoms with Crippen LogP contribution < -0.4 is 4.90 Å². The van der Waals surface area contributed by atoms with Crippen LogP contribution in [0.25, 0.3) is 0 Å². The zero-order chi connectivity index (χ0) is 26.4. The van der Waals surface area contributed by atoms with Gasteiger partial charge in [-0.25, -0.2) is 4.79 Å². The van der Waals surface area contributed by atoms with E-state index in [2.05, 4.69) is 6.07 Å². The highest BCUT2D eigenvalue weighted by Gasteiger charge is 2.53. The van der Waals surface area contributed by atoms with E-state index in [1.807, 2.05) is 58.0 Å². The van der Waals surface area contributed by atoms with Gasteiger partial charge in [0.1, 0.15) is 11.7 Å². The van der Waals surface area contributed by atoms with Gasteiger partial charge in [-0.05, 0) is 77.1 Å². The number of hydrogen-bond donors (Lipinski definition) is 0. The normalized spacial score (nSPS) is 19.6. The van der Waals surface area contributed by atoms with E-state index in [1.165, 1.54) is 0 Å². The topological polar surface area (TPSA) is 86.5 Å². The third kappa shape index (κ3) is 4.47. The number of rotatable bonds is 2. The zero-order valence-corrected chi connectivity index (χ0v) is 22.3. The highest BCUT2D eigenvalue weighted by Crippen LogP contribution is 2.52. The number of carbonyl (C=O) groups excluding carboxylic acids is 2. The second kappa shape index (κ2) is 9.48. The number of ether oxygens (including phenoxy) is 1. The first-order chi connectivity index (χ1) is 17.6. The smallest absolute Gasteiger partial charge is 0.410 e. The largest absolute Gasteiger partial charge is 0.444 e. The minimum Gasteiger partial charge on any atom is -0.444 e. The Bertz CT molecular complexity index is 1260. The molecule has 1 aromatic carbocycles. The Morgan fingerprint density at radius 2 is 1.78 bits per heavy atom. The Hall–Kier alpha value is -3.40. The Labute approximate surface area is 219 Å². The molecule has 3 heterocycles. The molecule has 0 radical (unpaired) electrons. The summed E-state index contributed by atoms with van der Waals surface area (Å²) in [5.74, 6) is 0.274. The van der Waals surface area contributed by atoms with Gasteiger partial charge in [0.15, 0.2) is 0 Å². The number of likely N-dealkylation sites (tertiary alicyclic amines) is 1. The number of aromatic nitrogens is 1. The predicted octanol–water partition coefficient (Wildman–Crippen LogP) is 6.26. The monoisotopic (exact) mass is 500 g/mol. The van der Waals surface area contributed by atoms with Crippen LogP contribution in [0.3, 0.4) is 0 Å². The maximum absolute atomic E-state index is 14.2. The molecule has 7 nitrogen and oxygen atoms in total. The van der Waals surface area contributed by atoms with Crippen molar-refractivity contribution in [1.82, 2.24) is 9.88 Å². The SMILES string of the molecule is Cc1cccc(N2C(=O)C3(CCCCC3)c3nc(C4CCN(C(=O)OC(C)(C)C)CC4)ccc32)c1C#N. The molecule has 1 spiro atoms. The molecule has 0 unspecified atom stereocenters. The molecule has 1 aliphatic carbocycles. The van der Waals surface area contributed by atoms with E-state index in [0.29, 0.717) is 24.3 Å². The van der Waals surface area contributed by atoms with E-state index in [9.17, 15) is 14.9 Å². The number of piperidine rings is 1. The number of carbonyl (C=O) groups is 2. The van der Waals surface area contributed by atoms with Crippen LogP contribution >= 0.6 is 0 Å². The molecule has 2 fully saturated rings. The molecule has 0 bridgehead atoms. The number of pyridine rings is 1. The summed E-state index contributed by atoms with van der Waals surface area (Å²) in [6.45, 7) is 8.81. The lowest BCUT2D eigenvalue weighted by Crippen LogP contribution is -2.41. The van der Waals surface area contributed by atoms with Crippen LogP contribution in [0.5, 0.6) is 0 Å². The highest BCUT2D eigenvalue weighted by atomic mass is 16.6. The van der Waals surface area contributed by atoms with Gasteiger partial charge in [0.2, 0.25) is 5.91 Å². The third-order valence-corrected chi connectivity index (χ3v) is 8.08. The summed E-state index contributed by atoms with van der Waals surface area (Å²) < 4.78 is 5.55. The van der Waals surface area contributed by atoms with Gasteiger partial charge in [-0.15, -0.1) is 0 Å². The van der Waals surface area contributed by atoms with Gasteiger partial charge in [-0.3, -0.25) is 14.7 Å². The number of aryl methyl sites for hydroxylation is 1. The molecular formula is C30H36N4O3. The van der Waals surface area contributed by atoms with Crippen molar-refractivity contribution >= 4 is 23.4 Å². The summed E-state index contributed by atoms with van der Waals surface area (Å²) in [6, 6.07) is 12.1. The van der Waals surface area contributed by atoms with Gasteiger partial charge in [-0.2, -0.15) is 5.26 Å². The van der Waals surface area contributed by atoms with Crippen LogP contribution in [0.1, 0.15) is 94.1 Å². The van der Waals surface area contributed by atoms with Crippen molar-refractivity contribution in [2.75, 3.05) is 18.0 Å². The molecule has 2 aromatic rings. The fraction of sp³-hybridized carbons (Fsp3) is 0.533. The zero-order valence-electron chi connectivity index (χ0n) is 22.3. The fourth-order valence-corrected chi connectivity index (χ4v) is 6.17. The molecule has 37 heavy (non-hydrogen) atoms. The summed E-state index contributed by atoms with van der Waals surface area (Å²) in [6.07, 6.45) is 6.06. The van der Waals surface area contributed by atoms with Crippen molar-refractivity contribution < 1.29 is 14.3 Å². The van der Waals surface area contributed by atoms with Gasteiger partial charge in [0.25, 0.3) is 0 Å². The predicted molar refractivity (Wildman–Crippen MR) is 142 cm³/mol. The van der Waals surface area contributed by atoms with Crippen LogP contribution in [0, 0.1) is 18.3 Å². The second-order valence-electron chi connectivity index (χ2n) is 11.7. The molecule has 0 atom stereocenters. The molecule has 5 rings (SSSR count). The maximum Gasteiger partial charge on any atom is 0.410 e. The number of benzene rings is 1. The van der Waals surface area contributed by atoms with Crippen molar-refractivity contribution in [3.63, 3.8) is 0 Å². The Morgan fingerprint density at radius 3 is 2.43 bits per heavy atom. The van der Waals surface area contributed by atoms with E-state index in [1.54, 1.807) is 9.80 Å². The van der Waals surface area contributed by atoms with Gasteiger partial charge in [0, 0.05) is 24.7 Å². The van der Waals surface area contributed by atoms with Crippen LogP contribution in [-0.2, 0) is 14.9 Å². The highest BCUT2D eigenvalue weighted by molar-refractivity contribution is 6.13. The summed E-state index contributed by atoms with van der Waals surface area (Å²) in [5.41, 5.74) is 3.58. The summed E-state index contributed by atoms with van der Waals surface area (Å²) >= 11 is 0. The molecule has 2 amide bonds. The fourth-order valence-electron chi connectivity index (χ4n) is 6.17. The Kier molecular flexibility index (Phi) is 6.47. The number of anilines is 2. The summed E-state index contributed by atoms with van der Waals surface area (Å²) in [7, 11) is 0. The first-order valence-corrected chi connectivity index (χ1v) is 13.5. The Balaban J connectivity index is 1.47. The van der Waals surface area contributed by atoms with Crippen LogP contribution in [0.15, 0.2) is 30.3 Å². The molecule has 1 saturated heterocycles. The van der Waals surface area contributed by atoms with Gasteiger partial charge >= 0.3 is 6.09 Å². The number of hydrogen-bond acceptors (Lipinski definition) is 5. The minimum absolute atomic E-state index is 0.0497. The molecule has 0 N–H and O–H groups in total. The van der Waals surface area contributed by atoms with Gasteiger partial charge < -0.3 is 9.64 Å². The van der Waals surface area contributed by atoms with Crippen LogP contribution in [0.4, 0.5) is 16.2 Å². The average molecular weight is 501 g/mol. The lowest BCUT2D eigenvalue weighted by molar-refractivity contribution is -0.123. The number of fused-ring (bicyclic) bond motifs is 2. The van der Waals surface area contributed by atoms with Gasteiger partial charge in [0.05, 0.1) is 28.0 Å². The molecular weight excluding hydrogens is 464 g/mol. The van der Waals surface area contributed by atoms with Crippen molar-refractivity contribution in [3.05, 3.63) is 52.8 Å². The number of amides is 2. The molecule has 3 aliphatic rings. The van der Waals surface area contributed by atoms with Crippen molar-refractivity contribution in [2.24, 2.45) is 0 Å². The Morgan fingerprint density at radius 1 is 1.08 bits per heavy atom. The van der Waals surface area contributed by atoms with Gasteiger partial charge in [-0.1, -0.05) is 31.4 Å². The second-order valence-corrected chi connectivity index (χ2v) is 11.7. The number of nitrogens with zero attached hydrogens (tertiary/aromatic N) is 4. The first kappa shape index (κ1) is 25.3. The molecule has 194 valence electrons. The average Bonchev–Trinajstić information content (AvgIpc) is 3.10. The van der Waals surface area contributed by atoms with E-state index >= 15 is 0 Å². The van der Waals surface area contributed by atoms with Crippen molar-refractivity contribution in [3.8, 4) is 6.07 Å². The summed E-state index contributed by atoms with van der Waals surface area (Å²) in [5, 5.41) is 9.89. The van der Waals surface area contributed by atoms with E-state index in [4.69, 9.17) is 9.72 Å². The molecule has 7 heteroatoms. The third-order valence-electron chi connectivity index (χ3n) is 8.08. The molecule has 1 saturated carbocycles. The van der Waals surface area contributed by atoms with Crippen molar-refractivity contribution in [2.45, 2.75) is 89.6 Å². The summed E-state index contributed by atoms with van der Waals surface area (Å²) in [4.78, 5) is 35.4. The minimum atomic E-state index is -0.628. The maximum atomic E-state index is 14.2. The van der Waals surface area contributed by atoms with Crippen molar-refractivity contribution in [1.29, 1.82) is 5.26 Å². The van der Waals surface area contributed by atoms with Crippen LogP contribution in [-0.4, -0.2) is 40.6 Å². The van der Waals surface area contributed by atoms with E-state index < -0.39 is 11.0 Å². The quantitative estimate of drug-likeness (QED) is 0.486.